The minimum Gasteiger partial charge on any atom is -0.381 e. The van der Waals surface area contributed by atoms with E-state index in [4.69, 9.17) is 15.4 Å². The van der Waals surface area contributed by atoms with Crippen molar-refractivity contribution in [3.05, 3.63) is 173 Å². The first-order valence-electron chi connectivity index (χ1n) is 16.0. The summed E-state index contributed by atoms with van der Waals surface area (Å²) in [5.41, 5.74) is 8.16. The highest BCUT2D eigenvalue weighted by molar-refractivity contribution is 6.12. The van der Waals surface area contributed by atoms with Crippen molar-refractivity contribution in [2.45, 2.75) is 18.8 Å². The maximum absolute atomic E-state index is 9.63. The van der Waals surface area contributed by atoms with E-state index >= 15 is 0 Å². The highest BCUT2D eigenvalue weighted by Gasteiger charge is 2.36. The SMILES string of the molecule is CC1(CC=NC(=NC(=N)c2ccccc2)c2cccc(C#N)c2)c2ccccc2NC/C=C\c2c1c1ccccc1n2-c1ccccc1. The van der Waals surface area contributed by atoms with Gasteiger partial charge in [-0.05, 0) is 60.0 Å². The molecule has 0 spiro atoms. The lowest BCUT2D eigenvalue weighted by Crippen LogP contribution is -2.27. The van der Waals surface area contributed by atoms with Crippen LogP contribution in [0.15, 0.2) is 150 Å². The van der Waals surface area contributed by atoms with Crippen LogP contribution in [0, 0.1) is 16.7 Å². The Hall–Kier alpha value is -6.32. The van der Waals surface area contributed by atoms with Crippen LogP contribution in [-0.2, 0) is 5.41 Å². The number of nitrogens with zero attached hydrogens (tertiary/aromatic N) is 4. The largest absolute Gasteiger partial charge is 0.381 e. The smallest absolute Gasteiger partial charge is 0.161 e. The molecule has 1 aromatic heterocycles. The van der Waals surface area contributed by atoms with Crippen molar-refractivity contribution in [3.63, 3.8) is 0 Å². The molecule has 1 aliphatic rings. The molecule has 0 bridgehead atoms. The van der Waals surface area contributed by atoms with Crippen LogP contribution >= 0.6 is 0 Å². The molecule has 48 heavy (non-hydrogen) atoms. The van der Waals surface area contributed by atoms with Gasteiger partial charge < -0.3 is 9.88 Å². The van der Waals surface area contributed by atoms with Crippen LogP contribution in [0.5, 0.6) is 0 Å². The maximum atomic E-state index is 9.63. The Kier molecular flexibility index (Phi) is 8.34. The summed E-state index contributed by atoms with van der Waals surface area (Å²) in [5.74, 6) is 0.484. The van der Waals surface area contributed by atoms with Crippen LogP contribution in [0.4, 0.5) is 5.69 Å². The number of aromatic nitrogens is 1. The summed E-state index contributed by atoms with van der Waals surface area (Å²) >= 11 is 0. The molecule has 7 rings (SSSR count). The zero-order chi connectivity index (χ0) is 32.9. The van der Waals surface area contributed by atoms with Crippen molar-refractivity contribution in [1.82, 2.24) is 4.57 Å². The lowest BCUT2D eigenvalue weighted by atomic mass is 9.72. The third-order valence-corrected chi connectivity index (χ3v) is 8.91. The van der Waals surface area contributed by atoms with Crippen LogP contribution in [0.25, 0.3) is 22.7 Å². The first kappa shape index (κ1) is 30.3. The lowest BCUT2D eigenvalue weighted by molar-refractivity contribution is 0.607. The molecule has 232 valence electrons. The van der Waals surface area contributed by atoms with E-state index in [1.807, 2.05) is 54.7 Å². The minimum absolute atomic E-state index is 0.103. The number of anilines is 1. The number of aliphatic imine (C=N–C) groups is 2. The Morgan fingerprint density at radius 2 is 1.58 bits per heavy atom. The van der Waals surface area contributed by atoms with Gasteiger partial charge in [0.1, 0.15) is 0 Å². The van der Waals surface area contributed by atoms with Gasteiger partial charge in [0.25, 0.3) is 0 Å². The second-order valence-corrected chi connectivity index (χ2v) is 12.0. The number of fused-ring (bicyclic) bond motifs is 4. The highest BCUT2D eigenvalue weighted by atomic mass is 15.0. The summed E-state index contributed by atoms with van der Waals surface area (Å²) < 4.78 is 2.35. The number of amidine groups is 2. The Morgan fingerprint density at radius 1 is 0.875 bits per heavy atom. The fourth-order valence-electron chi connectivity index (χ4n) is 6.63. The second-order valence-electron chi connectivity index (χ2n) is 12.0. The topological polar surface area (TPSA) is 89.3 Å². The number of nitrogens with one attached hydrogen (secondary N) is 2. The number of hydrogen-bond acceptors (Lipinski definition) is 3. The van der Waals surface area contributed by atoms with Crippen LogP contribution in [0.1, 0.15) is 46.9 Å². The zero-order valence-electron chi connectivity index (χ0n) is 26.6. The van der Waals surface area contributed by atoms with Gasteiger partial charge in [0.05, 0.1) is 22.8 Å². The van der Waals surface area contributed by atoms with Gasteiger partial charge in [-0.15, -0.1) is 0 Å². The summed E-state index contributed by atoms with van der Waals surface area (Å²) in [6, 6.07) is 46.5. The minimum atomic E-state index is -0.525. The summed E-state index contributed by atoms with van der Waals surface area (Å²) in [6.07, 6.45) is 6.89. The van der Waals surface area contributed by atoms with Gasteiger partial charge in [-0.3, -0.25) is 5.41 Å². The summed E-state index contributed by atoms with van der Waals surface area (Å²) in [6.45, 7) is 2.98. The van der Waals surface area contributed by atoms with Gasteiger partial charge in [0.2, 0.25) is 0 Å². The van der Waals surface area contributed by atoms with Gasteiger partial charge >= 0.3 is 0 Å². The van der Waals surface area contributed by atoms with E-state index in [-0.39, 0.29) is 5.84 Å². The standard InChI is InChI=1S/C42H34N6/c1-42(25-27-46-41(32-17-12-14-30(28-32)29-43)47-40(44)31-15-4-2-5-16-31)35-21-9-10-22-36(35)45-26-13-24-38-39(42)34-20-8-11-23-37(34)48(38)33-18-6-3-7-19-33/h2-24,27-28,44-45H,25-26H2,1H3/b24-13-,44-40?,46-27?,47-41?. The van der Waals surface area contributed by atoms with Crippen molar-refractivity contribution < 1.29 is 0 Å². The van der Waals surface area contributed by atoms with Gasteiger partial charge in [0.15, 0.2) is 11.7 Å². The van der Waals surface area contributed by atoms with Crippen LogP contribution in [0.2, 0.25) is 0 Å². The number of nitriles is 1. The Labute approximate surface area is 280 Å². The molecule has 6 heteroatoms. The molecular formula is C42H34N6. The van der Waals surface area contributed by atoms with E-state index in [1.54, 1.807) is 12.1 Å². The van der Waals surface area contributed by atoms with E-state index in [0.717, 1.165) is 22.6 Å². The monoisotopic (exact) mass is 622 g/mol. The van der Waals surface area contributed by atoms with Crippen LogP contribution in [0.3, 0.4) is 0 Å². The molecule has 0 saturated carbocycles. The second kappa shape index (κ2) is 13.2. The first-order valence-corrected chi connectivity index (χ1v) is 16.0. The Morgan fingerprint density at radius 3 is 2.40 bits per heavy atom. The molecular weight excluding hydrogens is 589 g/mol. The molecule has 0 amide bonds. The highest BCUT2D eigenvalue weighted by Crippen LogP contribution is 2.46. The predicted octanol–water partition coefficient (Wildman–Crippen LogP) is 9.18. The molecule has 2 N–H and O–H groups in total. The fourth-order valence-corrected chi connectivity index (χ4v) is 6.63. The maximum Gasteiger partial charge on any atom is 0.161 e. The molecule has 1 unspecified atom stereocenters. The van der Waals surface area contributed by atoms with Gasteiger partial charge in [-0.1, -0.05) is 110 Å². The number of benzene rings is 5. The van der Waals surface area contributed by atoms with Crippen molar-refractivity contribution in [3.8, 4) is 11.8 Å². The molecule has 5 aromatic carbocycles. The lowest BCUT2D eigenvalue weighted by Gasteiger charge is -2.32. The van der Waals surface area contributed by atoms with Crippen molar-refractivity contribution in [2.75, 3.05) is 11.9 Å². The van der Waals surface area contributed by atoms with E-state index in [1.165, 1.54) is 16.5 Å². The van der Waals surface area contributed by atoms with Crippen molar-refractivity contribution >= 4 is 40.6 Å². The Bertz CT molecular complexity index is 2250. The fraction of sp³-hybridized carbons (Fsp3) is 0.0952. The third kappa shape index (κ3) is 5.74. The van der Waals surface area contributed by atoms with Crippen molar-refractivity contribution in [1.29, 1.82) is 10.7 Å². The van der Waals surface area contributed by atoms with Crippen LogP contribution in [-0.4, -0.2) is 29.0 Å². The number of rotatable bonds is 5. The molecule has 0 aliphatic carbocycles. The molecule has 0 saturated heterocycles. The van der Waals surface area contributed by atoms with Crippen molar-refractivity contribution in [2.24, 2.45) is 9.98 Å². The number of para-hydroxylation sites is 3. The van der Waals surface area contributed by atoms with E-state index in [2.05, 4.69) is 108 Å². The molecule has 1 atom stereocenters. The van der Waals surface area contributed by atoms with E-state index in [9.17, 15) is 5.26 Å². The molecule has 1 aliphatic heterocycles. The van der Waals surface area contributed by atoms with E-state index in [0.29, 0.717) is 35.5 Å². The summed E-state index contributed by atoms with van der Waals surface area (Å²) in [5, 5.41) is 23.2. The molecule has 6 aromatic rings. The summed E-state index contributed by atoms with van der Waals surface area (Å²) in [7, 11) is 0. The molecule has 2 heterocycles. The molecule has 0 fully saturated rings. The summed E-state index contributed by atoms with van der Waals surface area (Å²) in [4.78, 5) is 9.67. The third-order valence-electron chi connectivity index (χ3n) is 8.91. The first-order chi connectivity index (χ1) is 23.6. The normalized spacial score (nSPS) is 16.5. The van der Waals surface area contributed by atoms with Gasteiger partial charge in [0, 0.05) is 46.1 Å². The van der Waals surface area contributed by atoms with Crippen LogP contribution < -0.4 is 5.32 Å². The molecule has 6 nitrogen and oxygen atoms in total. The number of hydrogen-bond donors (Lipinski definition) is 2. The zero-order valence-corrected chi connectivity index (χ0v) is 26.6. The average molecular weight is 623 g/mol. The molecule has 0 radical (unpaired) electrons. The quantitative estimate of drug-likeness (QED) is 0.148. The predicted molar refractivity (Wildman–Crippen MR) is 198 cm³/mol. The van der Waals surface area contributed by atoms with Gasteiger partial charge in [-0.25, -0.2) is 9.98 Å². The Balaban J connectivity index is 1.41. The van der Waals surface area contributed by atoms with E-state index < -0.39 is 5.41 Å². The average Bonchev–Trinajstić information content (AvgIpc) is 3.50. The van der Waals surface area contributed by atoms with Gasteiger partial charge in [-0.2, -0.15) is 5.26 Å².